The number of guanidine groups is 1. The van der Waals surface area contributed by atoms with Crippen LogP contribution in [0.4, 0.5) is 8.78 Å². The Morgan fingerprint density at radius 3 is 2.65 bits per heavy atom. The third-order valence-corrected chi connectivity index (χ3v) is 1.92. The van der Waals surface area contributed by atoms with E-state index in [9.17, 15) is 8.78 Å². The third kappa shape index (κ3) is 4.13. The molecule has 0 saturated heterocycles. The normalized spacial score (nSPS) is 10.1. The molecule has 0 heterocycles. The van der Waals surface area contributed by atoms with E-state index in [-0.39, 0.29) is 18.3 Å². The van der Waals surface area contributed by atoms with Crippen LogP contribution in [-0.2, 0) is 6.54 Å². The maximum atomic E-state index is 12.2. The van der Waals surface area contributed by atoms with E-state index in [2.05, 4.69) is 9.73 Å². The number of benzene rings is 1. The number of hydrogen-bond acceptors (Lipinski definition) is 3. The second kappa shape index (κ2) is 5.88. The SMILES string of the molecule is COc1ccc(CN=C(N)N)c(OC(F)F)c1. The van der Waals surface area contributed by atoms with Gasteiger partial charge in [0, 0.05) is 11.6 Å². The second-order valence-corrected chi connectivity index (χ2v) is 3.09. The van der Waals surface area contributed by atoms with Gasteiger partial charge in [0.2, 0.25) is 0 Å². The highest BCUT2D eigenvalue weighted by atomic mass is 19.3. The number of methoxy groups -OCH3 is 1. The smallest absolute Gasteiger partial charge is 0.387 e. The van der Waals surface area contributed by atoms with Gasteiger partial charge in [-0.1, -0.05) is 0 Å². The van der Waals surface area contributed by atoms with Crippen molar-refractivity contribution in [1.82, 2.24) is 0 Å². The van der Waals surface area contributed by atoms with Crippen LogP contribution < -0.4 is 20.9 Å². The molecule has 0 atom stereocenters. The number of hydrogen-bond donors (Lipinski definition) is 2. The van der Waals surface area contributed by atoms with Crippen molar-refractivity contribution in [2.24, 2.45) is 16.5 Å². The van der Waals surface area contributed by atoms with Gasteiger partial charge in [-0.3, -0.25) is 0 Å². The van der Waals surface area contributed by atoms with E-state index in [1.54, 1.807) is 12.1 Å². The average Bonchev–Trinajstić information content (AvgIpc) is 2.26. The molecule has 0 aliphatic heterocycles. The topological polar surface area (TPSA) is 82.9 Å². The molecule has 5 nitrogen and oxygen atoms in total. The molecule has 0 radical (unpaired) electrons. The van der Waals surface area contributed by atoms with Gasteiger partial charge in [0.05, 0.1) is 13.7 Å². The van der Waals surface area contributed by atoms with Crippen molar-refractivity contribution in [3.63, 3.8) is 0 Å². The van der Waals surface area contributed by atoms with Crippen LogP contribution in [0.15, 0.2) is 23.2 Å². The molecule has 0 spiro atoms. The molecule has 0 unspecified atom stereocenters. The van der Waals surface area contributed by atoms with Crippen molar-refractivity contribution >= 4 is 5.96 Å². The molecule has 1 aromatic carbocycles. The summed E-state index contributed by atoms with van der Waals surface area (Å²) in [6, 6.07) is 4.52. The first-order valence-electron chi connectivity index (χ1n) is 4.70. The van der Waals surface area contributed by atoms with Gasteiger partial charge in [-0.25, -0.2) is 4.99 Å². The monoisotopic (exact) mass is 245 g/mol. The Morgan fingerprint density at radius 2 is 2.12 bits per heavy atom. The van der Waals surface area contributed by atoms with E-state index in [0.29, 0.717) is 11.3 Å². The zero-order valence-corrected chi connectivity index (χ0v) is 9.19. The highest BCUT2D eigenvalue weighted by Gasteiger charge is 2.10. The van der Waals surface area contributed by atoms with Crippen LogP contribution in [-0.4, -0.2) is 19.7 Å². The van der Waals surface area contributed by atoms with E-state index >= 15 is 0 Å². The molecule has 94 valence electrons. The first-order chi connectivity index (χ1) is 8.02. The van der Waals surface area contributed by atoms with Gasteiger partial charge in [0.15, 0.2) is 5.96 Å². The summed E-state index contributed by atoms with van der Waals surface area (Å²) in [5.41, 5.74) is 10.8. The maximum absolute atomic E-state index is 12.2. The van der Waals surface area contributed by atoms with Crippen molar-refractivity contribution in [2.75, 3.05) is 7.11 Å². The van der Waals surface area contributed by atoms with Crippen LogP contribution in [0.5, 0.6) is 11.5 Å². The number of nitrogens with two attached hydrogens (primary N) is 2. The van der Waals surface area contributed by atoms with Crippen LogP contribution in [0.2, 0.25) is 0 Å². The minimum atomic E-state index is -2.92. The van der Waals surface area contributed by atoms with Crippen molar-refractivity contribution in [3.8, 4) is 11.5 Å². The molecule has 0 aliphatic carbocycles. The Labute approximate surface area is 97.0 Å². The summed E-state index contributed by atoms with van der Waals surface area (Å²) in [6.07, 6.45) is 0. The Kier molecular flexibility index (Phi) is 4.50. The van der Waals surface area contributed by atoms with Crippen LogP contribution in [0, 0.1) is 0 Å². The predicted molar refractivity (Wildman–Crippen MR) is 59.1 cm³/mol. The molecule has 4 N–H and O–H groups in total. The molecule has 0 saturated carbocycles. The molecule has 7 heteroatoms. The van der Waals surface area contributed by atoms with Crippen molar-refractivity contribution in [1.29, 1.82) is 0 Å². The molecule has 1 aromatic rings. The Morgan fingerprint density at radius 1 is 1.41 bits per heavy atom. The standard InChI is InChI=1S/C10H13F2N3O2/c1-16-7-3-2-6(5-15-10(13)14)8(4-7)17-9(11)12/h2-4,9H,5H2,1H3,(H4,13,14,15). The van der Waals surface area contributed by atoms with E-state index in [1.807, 2.05) is 0 Å². The molecule has 0 aliphatic rings. The van der Waals surface area contributed by atoms with Crippen LogP contribution in [0.25, 0.3) is 0 Å². The van der Waals surface area contributed by atoms with Crippen LogP contribution >= 0.6 is 0 Å². The quantitative estimate of drug-likeness (QED) is 0.600. The van der Waals surface area contributed by atoms with Gasteiger partial charge in [-0.2, -0.15) is 8.78 Å². The number of halogens is 2. The van der Waals surface area contributed by atoms with Gasteiger partial charge in [-0.15, -0.1) is 0 Å². The molecule has 17 heavy (non-hydrogen) atoms. The van der Waals surface area contributed by atoms with Crippen LogP contribution in [0.3, 0.4) is 0 Å². The zero-order valence-electron chi connectivity index (χ0n) is 9.19. The first kappa shape index (κ1) is 13.0. The Bertz CT molecular complexity index is 407. The van der Waals surface area contributed by atoms with E-state index in [4.69, 9.17) is 16.2 Å². The Hall–Kier alpha value is -2.05. The largest absolute Gasteiger partial charge is 0.497 e. The van der Waals surface area contributed by atoms with Crippen molar-refractivity contribution in [3.05, 3.63) is 23.8 Å². The molecular formula is C10H13F2N3O2. The highest BCUT2D eigenvalue weighted by molar-refractivity contribution is 5.75. The lowest BCUT2D eigenvalue weighted by Crippen LogP contribution is -2.22. The summed E-state index contributed by atoms with van der Waals surface area (Å²) < 4.78 is 33.6. The summed E-state index contributed by atoms with van der Waals surface area (Å²) in [6.45, 7) is -2.85. The van der Waals surface area contributed by atoms with Gasteiger partial charge in [-0.05, 0) is 12.1 Å². The lowest BCUT2D eigenvalue weighted by Gasteiger charge is -2.10. The molecule has 0 fully saturated rings. The fourth-order valence-electron chi connectivity index (χ4n) is 1.17. The minimum Gasteiger partial charge on any atom is -0.497 e. The van der Waals surface area contributed by atoms with E-state index < -0.39 is 6.61 Å². The summed E-state index contributed by atoms with van der Waals surface area (Å²) >= 11 is 0. The Balaban J connectivity index is 2.97. The maximum Gasteiger partial charge on any atom is 0.387 e. The number of rotatable bonds is 5. The average molecular weight is 245 g/mol. The van der Waals surface area contributed by atoms with E-state index in [1.165, 1.54) is 13.2 Å². The number of alkyl halides is 2. The fraction of sp³-hybridized carbons (Fsp3) is 0.300. The van der Waals surface area contributed by atoms with Crippen molar-refractivity contribution < 1.29 is 18.3 Å². The number of ether oxygens (including phenoxy) is 2. The highest BCUT2D eigenvalue weighted by Crippen LogP contribution is 2.26. The molecule has 0 aromatic heterocycles. The summed E-state index contributed by atoms with van der Waals surface area (Å²) in [4.78, 5) is 3.72. The van der Waals surface area contributed by atoms with Gasteiger partial charge < -0.3 is 20.9 Å². The number of aliphatic imine (C=N–C) groups is 1. The van der Waals surface area contributed by atoms with Crippen molar-refractivity contribution in [2.45, 2.75) is 13.2 Å². The van der Waals surface area contributed by atoms with Gasteiger partial charge in [0.25, 0.3) is 0 Å². The minimum absolute atomic E-state index is 0.00986. The zero-order chi connectivity index (χ0) is 12.8. The lowest BCUT2D eigenvalue weighted by atomic mass is 10.2. The predicted octanol–water partition coefficient (Wildman–Crippen LogP) is 1.07. The molecule has 0 bridgehead atoms. The second-order valence-electron chi connectivity index (χ2n) is 3.09. The lowest BCUT2D eigenvalue weighted by molar-refractivity contribution is -0.0505. The molecular weight excluding hydrogens is 232 g/mol. The van der Waals surface area contributed by atoms with E-state index in [0.717, 1.165) is 0 Å². The molecule has 1 rings (SSSR count). The number of nitrogens with zero attached hydrogens (tertiary/aromatic N) is 1. The fourth-order valence-corrected chi connectivity index (χ4v) is 1.17. The summed E-state index contributed by atoms with van der Waals surface area (Å²) in [5, 5.41) is 0. The molecule has 0 amide bonds. The van der Waals surface area contributed by atoms with Crippen LogP contribution in [0.1, 0.15) is 5.56 Å². The van der Waals surface area contributed by atoms with Gasteiger partial charge in [0.1, 0.15) is 11.5 Å². The summed E-state index contributed by atoms with van der Waals surface area (Å²) in [5.74, 6) is 0.280. The first-order valence-corrected chi connectivity index (χ1v) is 4.70. The third-order valence-electron chi connectivity index (χ3n) is 1.92. The summed E-state index contributed by atoms with van der Waals surface area (Å²) in [7, 11) is 1.43. The van der Waals surface area contributed by atoms with Gasteiger partial charge >= 0.3 is 6.61 Å².